The van der Waals surface area contributed by atoms with Crippen LogP contribution in [0.5, 0.6) is 0 Å². The van der Waals surface area contributed by atoms with Crippen LogP contribution in [0, 0.1) is 20.8 Å². The highest BCUT2D eigenvalue weighted by molar-refractivity contribution is 7.15. The number of thiazole rings is 1. The molecule has 0 radical (unpaired) electrons. The number of hydrogen-bond acceptors (Lipinski definition) is 4. The summed E-state index contributed by atoms with van der Waals surface area (Å²) in [5.74, 6) is -0.109. The monoisotopic (exact) mass is 250 g/mol. The van der Waals surface area contributed by atoms with Crippen LogP contribution in [0.2, 0.25) is 0 Å². The van der Waals surface area contributed by atoms with Crippen LogP contribution in [0.1, 0.15) is 16.3 Å². The fourth-order valence-electron chi connectivity index (χ4n) is 1.38. The topological polar surface area (TPSA) is 59.8 Å². The van der Waals surface area contributed by atoms with Gasteiger partial charge in [0.05, 0.1) is 11.4 Å². The predicted molar refractivity (Wildman–Crippen MR) is 67.2 cm³/mol. The maximum atomic E-state index is 11.7. The molecule has 17 heavy (non-hydrogen) atoms. The molecule has 2 rings (SSSR count). The van der Waals surface area contributed by atoms with E-state index >= 15 is 0 Å². The van der Waals surface area contributed by atoms with Crippen molar-refractivity contribution in [2.24, 2.45) is 0 Å². The summed E-state index contributed by atoms with van der Waals surface area (Å²) in [5.41, 5.74) is 1.86. The normalized spacial score (nSPS) is 10.5. The zero-order valence-electron chi connectivity index (χ0n) is 10.0. The molecule has 1 amide bonds. The smallest absolute Gasteiger partial charge is 0.247 e. The maximum absolute atomic E-state index is 11.7. The molecule has 1 N–H and O–H groups in total. The largest absolute Gasteiger partial charge is 0.300 e. The van der Waals surface area contributed by atoms with Crippen molar-refractivity contribution in [3.05, 3.63) is 28.5 Å². The summed E-state index contributed by atoms with van der Waals surface area (Å²) in [6.07, 6.45) is 1.78. The van der Waals surface area contributed by atoms with Gasteiger partial charge in [-0.1, -0.05) is 0 Å². The molecule has 0 aliphatic rings. The van der Waals surface area contributed by atoms with Gasteiger partial charge < -0.3 is 5.32 Å². The lowest BCUT2D eigenvalue weighted by molar-refractivity contribution is -0.116. The third-order valence-corrected chi connectivity index (χ3v) is 3.34. The van der Waals surface area contributed by atoms with E-state index in [1.165, 1.54) is 11.3 Å². The van der Waals surface area contributed by atoms with Gasteiger partial charge in [-0.3, -0.25) is 9.48 Å². The molecule has 0 atom stereocenters. The summed E-state index contributed by atoms with van der Waals surface area (Å²) >= 11 is 1.49. The number of nitrogens with zero attached hydrogens (tertiary/aromatic N) is 3. The van der Waals surface area contributed by atoms with Gasteiger partial charge in [0.1, 0.15) is 6.54 Å². The summed E-state index contributed by atoms with van der Waals surface area (Å²) < 4.78 is 1.61. The lowest BCUT2D eigenvalue weighted by Crippen LogP contribution is -2.19. The minimum Gasteiger partial charge on any atom is -0.300 e. The van der Waals surface area contributed by atoms with Gasteiger partial charge >= 0.3 is 0 Å². The highest BCUT2D eigenvalue weighted by Crippen LogP contribution is 2.20. The molecule has 0 saturated carbocycles. The molecule has 0 spiro atoms. The second kappa shape index (κ2) is 4.67. The van der Waals surface area contributed by atoms with Crippen LogP contribution in [0.15, 0.2) is 12.3 Å². The summed E-state index contributed by atoms with van der Waals surface area (Å²) in [4.78, 5) is 17.1. The van der Waals surface area contributed by atoms with Gasteiger partial charge in [-0.2, -0.15) is 5.10 Å². The molecule has 0 aliphatic heterocycles. The highest BCUT2D eigenvalue weighted by Gasteiger charge is 2.08. The Morgan fingerprint density at radius 1 is 1.47 bits per heavy atom. The molecular formula is C11H14N4OS. The van der Waals surface area contributed by atoms with Crippen LogP contribution in [0.4, 0.5) is 5.13 Å². The Hall–Kier alpha value is -1.69. The number of carbonyl (C=O) groups excluding carboxylic acids is 1. The number of nitrogens with one attached hydrogen (secondary N) is 1. The van der Waals surface area contributed by atoms with Crippen LogP contribution in [0.3, 0.4) is 0 Å². The van der Waals surface area contributed by atoms with E-state index in [0.29, 0.717) is 5.13 Å². The second-order valence-corrected chi connectivity index (χ2v) is 5.07. The quantitative estimate of drug-likeness (QED) is 0.905. The molecule has 0 aromatic carbocycles. The molecule has 2 aromatic heterocycles. The predicted octanol–water partition coefficient (Wildman–Crippen LogP) is 1.90. The average molecular weight is 250 g/mol. The summed E-state index contributed by atoms with van der Waals surface area (Å²) in [6, 6.07) is 1.87. The molecule has 6 heteroatoms. The molecule has 2 heterocycles. The van der Waals surface area contributed by atoms with Crippen molar-refractivity contribution in [3.63, 3.8) is 0 Å². The van der Waals surface area contributed by atoms with Crippen molar-refractivity contribution in [1.82, 2.24) is 14.8 Å². The molecule has 0 fully saturated rings. The molecule has 0 saturated heterocycles. The first kappa shape index (κ1) is 11.8. The number of anilines is 1. The van der Waals surface area contributed by atoms with Gasteiger partial charge in [-0.15, -0.1) is 11.3 Å². The highest BCUT2D eigenvalue weighted by atomic mass is 32.1. The number of amides is 1. The molecule has 2 aromatic rings. The van der Waals surface area contributed by atoms with E-state index < -0.39 is 0 Å². The van der Waals surface area contributed by atoms with Gasteiger partial charge in [-0.25, -0.2) is 4.98 Å². The van der Waals surface area contributed by atoms with Crippen LogP contribution in [-0.4, -0.2) is 20.7 Å². The Kier molecular flexibility index (Phi) is 3.23. The Labute approximate surface area is 103 Å². The van der Waals surface area contributed by atoms with E-state index in [9.17, 15) is 4.79 Å². The number of aryl methyl sites for hydroxylation is 3. The Balaban J connectivity index is 1.97. The van der Waals surface area contributed by atoms with Crippen LogP contribution in [0.25, 0.3) is 0 Å². The van der Waals surface area contributed by atoms with Gasteiger partial charge in [0.25, 0.3) is 0 Å². The van der Waals surface area contributed by atoms with Crippen molar-refractivity contribution in [2.75, 3.05) is 5.32 Å². The first-order chi connectivity index (χ1) is 8.04. The minimum atomic E-state index is -0.109. The first-order valence-corrected chi connectivity index (χ1v) is 6.10. The Bertz CT molecular complexity index is 524. The molecule has 0 unspecified atom stereocenters. The molecule has 0 bridgehead atoms. The van der Waals surface area contributed by atoms with Crippen molar-refractivity contribution in [1.29, 1.82) is 0 Å². The fourth-order valence-corrected chi connectivity index (χ4v) is 2.21. The van der Waals surface area contributed by atoms with Crippen molar-refractivity contribution < 1.29 is 4.79 Å². The third-order valence-electron chi connectivity index (χ3n) is 2.35. The Morgan fingerprint density at radius 3 is 2.76 bits per heavy atom. The zero-order valence-corrected chi connectivity index (χ0v) is 10.8. The zero-order chi connectivity index (χ0) is 12.4. The third kappa shape index (κ3) is 2.91. The standard InChI is InChI=1S/C11H14N4OS/c1-7-4-5-15(14-7)6-10(16)13-11-12-8(2)9(3)17-11/h4-5H,6H2,1-3H3,(H,12,13,16). The van der Waals surface area contributed by atoms with Gasteiger partial charge in [-0.05, 0) is 26.8 Å². The van der Waals surface area contributed by atoms with Crippen LogP contribution < -0.4 is 5.32 Å². The van der Waals surface area contributed by atoms with E-state index in [1.807, 2.05) is 26.8 Å². The van der Waals surface area contributed by atoms with Crippen molar-refractivity contribution in [3.8, 4) is 0 Å². The van der Waals surface area contributed by atoms with Crippen LogP contribution >= 0.6 is 11.3 Å². The average Bonchev–Trinajstić information content (AvgIpc) is 2.75. The van der Waals surface area contributed by atoms with E-state index in [2.05, 4.69) is 15.4 Å². The van der Waals surface area contributed by atoms with Crippen LogP contribution in [-0.2, 0) is 11.3 Å². The van der Waals surface area contributed by atoms with E-state index in [4.69, 9.17) is 0 Å². The van der Waals surface area contributed by atoms with Gasteiger partial charge in [0.2, 0.25) is 5.91 Å². The van der Waals surface area contributed by atoms with Gasteiger partial charge in [0, 0.05) is 11.1 Å². The minimum absolute atomic E-state index is 0.109. The number of hydrogen-bond donors (Lipinski definition) is 1. The number of carbonyl (C=O) groups is 1. The summed E-state index contributed by atoms with van der Waals surface area (Å²) in [7, 11) is 0. The van der Waals surface area contributed by atoms with E-state index in [-0.39, 0.29) is 12.5 Å². The number of rotatable bonds is 3. The lowest BCUT2D eigenvalue weighted by Gasteiger charge is -2.01. The molecule has 0 aliphatic carbocycles. The molecule has 90 valence electrons. The summed E-state index contributed by atoms with van der Waals surface area (Å²) in [5, 5.41) is 7.57. The van der Waals surface area contributed by atoms with Gasteiger partial charge in [0.15, 0.2) is 5.13 Å². The van der Waals surface area contributed by atoms with Crippen molar-refractivity contribution in [2.45, 2.75) is 27.3 Å². The first-order valence-electron chi connectivity index (χ1n) is 5.28. The van der Waals surface area contributed by atoms with E-state index in [1.54, 1.807) is 10.9 Å². The molecule has 5 nitrogen and oxygen atoms in total. The number of aromatic nitrogens is 3. The second-order valence-electron chi connectivity index (χ2n) is 3.86. The lowest BCUT2D eigenvalue weighted by atomic mass is 10.4. The molecular weight excluding hydrogens is 236 g/mol. The van der Waals surface area contributed by atoms with Crippen molar-refractivity contribution >= 4 is 22.4 Å². The van der Waals surface area contributed by atoms with E-state index in [0.717, 1.165) is 16.3 Å². The maximum Gasteiger partial charge on any atom is 0.247 e. The SMILES string of the molecule is Cc1ccn(CC(=O)Nc2nc(C)c(C)s2)n1. The fraction of sp³-hybridized carbons (Fsp3) is 0.364. The Morgan fingerprint density at radius 2 is 2.24 bits per heavy atom. The summed E-state index contributed by atoms with van der Waals surface area (Å²) in [6.45, 7) is 6.02.